The minimum Gasteiger partial charge on any atom is -0.463 e. The average molecular weight is 313 g/mol. The maximum absolute atomic E-state index is 11.9. The Morgan fingerprint density at radius 3 is 2.71 bits per heavy atom. The highest BCUT2D eigenvalue weighted by Crippen LogP contribution is 2.25. The van der Waals surface area contributed by atoms with Gasteiger partial charge in [0.2, 0.25) is 0 Å². The van der Waals surface area contributed by atoms with Crippen molar-refractivity contribution in [1.29, 1.82) is 0 Å². The Morgan fingerprint density at radius 2 is 2.14 bits per heavy atom. The predicted octanol–water partition coefficient (Wildman–Crippen LogP) is 2.44. The third-order valence-electron chi connectivity index (χ3n) is 2.34. The molecule has 112 valence electrons. The van der Waals surface area contributed by atoms with Crippen molar-refractivity contribution in [3.8, 4) is 0 Å². The molecular formula is C13H13ClN2O5. The van der Waals surface area contributed by atoms with Crippen LogP contribution in [-0.2, 0) is 9.53 Å². The van der Waals surface area contributed by atoms with Crippen LogP contribution in [0.4, 0.5) is 5.69 Å². The van der Waals surface area contributed by atoms with E-state index in [0.29, 0.717) is 0 Å². The highest BCUT2D eigenvalue weighted by molar-refractivity contribution is 6.32. The molecule has 0 aliphatic rings. The fourth-order valence-corrected chi connectivity index (χ4v) is 1.63. The molecule has 0 atom stereocenters. The minimum atomic E-state index is -0.680. The van der Waals surface area contributed by atoms with E-state index in [9.17, 15) is 19.7 Å². The van der Waals surface area contributed by atoms with Gasteiger partial charge in [-0.25, -0.2) is 4.79 Å². The highest BCUT2D eigenvalue weighted by atomic mass is 35.5. The van der Waals surface area contributed by atoms with Crippen molar-refractivity contribution in [3.63, 3.8) is 0 Å². The van der Waals surface area contributed by atoms with Crippen LogP contribution in [0, 0.1) is 10.1 Å². The first-order valence-electron chi connectivity index (χ1n) is 5.95. The zero-order valence-corrected chi connectivity index (χ0v) is 12.1. The molecule has 0 aliphatic heterocycles. The SMILES string of the molecule is CCOC(=O)/C=C(\C)NC(=O)c1ccc(Cl)c([N+](=O)[O-])c1. The van der Waals surface area contributed by atoms with E-state index in [0.717, 1.165) is 12.1 Å². The molecule has 0 fully saturated rings. The number of carbonyl (C=O) groups excluding carboxylic acids is 2. The monoisotopic (exact) mass is 312 g/mol. The zero-order valence-electron chi connectivity index (χ0n) is 11.4. The lowest BCUT2D eigenvalue weighted by Gasteiger charge is -2.06. The van der Waals surface area contributed by atoms with Gasteiger partial charge in [-0.05, 0) is 26.0 Å². The Hall–Kier alpha value is -2.41. The molecule has 7 nitrogen and oxygen atoms in total. The van der Waals surface area contributed by atoms with E-state index in [-0.39, 0.29) is 28.6 Å². The van der Waals surface area contributed by atoms with E-state index in [1.54, 1.807) is 6.92 Å². The maximum atomic E-state index is 11.9. The van der Waals surface area contributed by atoms with Crippen molar-refractivity contribution in [2.45, 2.75) is 13.8 Å². The third-order valence-corrected chi connectivity index (χ3v) is 2.66. The Bertz CT molecular complexity index is 613. The first-order chi connectivity index (χ1) is 9.85. The van der Waals surface area contributed by atoms with E-state index < -0.39 is 16.8 Å². The number of nitrogens with zero attached hydrogens (tertiary/aromatic N) is 1. The molecule has 0 aromatic heterocycles. The van der Waals surface area contributed by atoms with Gasteiger partial charge in [-0.2, -0.15) is 0 Å². The lowest BCUT2D eigenvalue weighted by atomic mass is 10.2. The van der Waals surface area contributed by atoms with Gasteiger partial charge in [0.05, 0.1) is 11.5 Å². The molecule has 0 spiro atoms. The number of carbonyl (C=O) groups is 2. The molecule has 1 aromatic rings. The zero-order chi connectivity index (χ0) is 16.0. The van der Waals surface area contributed by atoms with Crippen molar-refractivity contribution in [1.82, 2.24) is 5.32 Å². The number of halogens is 1. The second-order valence-corrected chi connectivity index (χ2v) is 4.36. The highest BCUT2D eigenvalue weighted by Gasteiger charge is 2.16. The van der Waals surface area contributed by atoms with Gasteiger partial charge in [-0.15, -0.1) is 0 Å². The second-order valence-electron chi connectivity index (χ2n) is 3.96. The molecule has 8 heteroatoms. The topological polar surface area (TPSA) is 98.5 Å². The van der Waals surface area contributed by atoms with Gasteiger partial charge in [0.1, 0.15) is 5.02 Å². The number of nitro benzene ring substituents is 1. The molecule has 0 saturated carbocycles. The summed E-state index contributed by atoms with van der Waals surface area (Å²) >= 11 is 5.66. The summed E-state index contributed by atoms with van der Waals surface area (Å²) in [6.45, 7) is 3.38. The second kappa shape index (κ2) is 7.39. The van der Waals surface area contributed by atoms with E-state index >= 15 is 0 Å². The van der Waals surface area contributed by atoms with Crippen LogP contribution in [0.2, 0.25) is 5.02 Å². The van der Waals surface area contributed by atoms with Gasteiger partial charge in [-0.3, -0.25) is 14.9 Å². The maximum Gasteiger partial charge on any atom is 0.332 e. The van der Waals surface area contributed by atoms with Crippen molar-refractivity contribution >= 4 is 29.2 Å². The van der Waals surface area contributed by atoms with Crippen molar-refractivity contribution in [2.75, 3.05) is 6.61 Å². The normalized spacial score (nSPS) is 10.9. The first kappa shape index (κ1) is 16.6. The van der Waals surface area contributed by atoms with E-state index in [1.807, 2.05) is 0 Å². The fraction of sp³-hybridized carbons (Fsp3) is 0.231. The summed E-state index contributed by atoms with van der Waals surface area (Å²) in [5.74, 6) is -1.18. The number of allylic oxidation sites excluding steroid dienone is 1. The van der Waals surface area contributed by atoms with Crippen LogP contribution in [0.5, 0.6) is 0 Å². The van der Waals surface area contributed by atoms with Gasteiger partial charge in [0.15, 0.2) is 0 Å². The lowest BCUT2D eigenvalue weighted by molar-refractivity contribution is -0.384. The number of nitro groups is 1. The van der Waals surface area contributed by atoms with E-state index in [4.69, 9.17) is 16.3 Å². The minimum absolute atomic E-state index is 0.0581. The standard InChI is InChI=1S/C13H13ClN2O5/c1-3-21-12(17)6-8(2)15-13(18)9-4-5-10(14)11(7-9)16(19)20/h4-7H,3H2,1-2H3,(H,15,18)/b8-6+. The summed E-state index contributed by atoms with van der Waals surface area (Å²) in [6.07, 6.45) is 1.12. The van der Waals surface area contributed by atoms with Gasteiger partial charge in [-0.1, -0.05) is 11.6 Å². The fourth-order valence-electron chi connectivity index (χ4n) is 1.44. The summed E-state index contributed by atoms with van der Waals surface area (Å²) < 4.78 is 4.69. The quantitative estimate of drug-likeness (QED) is 0.389. The van der Waals surface area contributed by atoms with Crippen LogP contribution in [0.25, 0.3) is 0 Å². The van der Waals surface area contributed by atoms with Gasteiger partial charge >= 0.3 is 5.97 Å². The number of esters is 1. The third kappa shape index (κ3) is 4.88. The number of nitrogens with one attached hydrogen (secondary N) is 1. The molecule has 0 aliphatic carbocycles. The average Bonchev–Trinajstić information content (AvgIpc) is 2.38. The molecular weight excluding hydrogens is 300 g/mol. The lowest BCUT2D eigenvalue weighted by Crippen LogP contribution is -2.22. The van der Waals surface area contributed by atoms with Crippen molar-refractivity contribution in [3.05, 3.63) is 50.7 Å². The number of hydrogen-bond acceptors (Lipinski definition) is 5. The van der Waals surface area contributed by atoms with Gasteiger partial charge in [0, 0.05) is 23.4 Å². The molecule has 0 heterocycles. The Balaban J connectivity index is 2.87. The smallest absolute Gasteiger partial charge is 0.332 e. The number of hydrogen-bond donors (Lipinski definition) is 1. The molecule has 1 amide bonds. The van der Waals surface area contributed by atoms with Gasteiger partial charge in [0.25, 0.3) is 11.6 Å². The Kier molecular flexibility index (Phi) is 5.86. The van der Waals surface area contributed by atoms with E-state index in [1.165, 1.54) is 19.1 Å². The number of benzene rings is 1. The van der Waals surface area contributed by atoms with Crippen molar-refractivity contribution < 1.29 is 19.2 Å². The van der Waals surface area contributed by atoms with Crippen LogP contribution < -0.4 is 5.32 Å². The molecule has 0 bridgehead atoms. The summed E-state index contributed by atoms with van der Waals surface area (Å²) in [5, 5.41) is 13.1. The van der Waals surface area contributed by atoms with Crippen LogP contribution in [0.1, 0.15) is 24.2 Å². The summed E-state index contributed by atoms with van der Waals surface area (Å²) in [5.41, 5.74) is -0.0462. The molecule has 0 unspecified atom stereocenters. The Morgan fingerprint density at radius 1 is 1.48 bits per heavy atom. The molecule has 1 aromatic carbocycles. The van der Waals surface area contributed by atoms with E-state index in [2.05, 4.69) is 5.32 Å². The molecule has 0 radical (unpaired) electrons. The molecule has 21 heavy (non-hydrogen) atoms. The summed E-state index contributed by atoms with van der Waals surface area (Å²) in [7, 11) is 0. The molecule has 1 rings (SSSR count). The number of ether oxygens (including phenoxy) is 1. The first-order valence-corrected chi connectivity index (χ1v) is 6.33. The predicted molar refractivity (Wildman–Crippen MR) is 76.0 cm³/mol. The summed E-state index contributed by atoms with van der Waals surface area (Å²) in [6, 6.07) is 3.68. The Labute approximate surface area is 125 Å². The van der Waals surface area contributed by atoms with Gasteiger partial charge < -0.3 is 10.1 Å². The largest absolute Gasteiger partial charge is 0.463 e. The summed E-state index contributed by atoms with van der Waals surface area (Å²) in [4.78, 5) is 33.2. The van der Waals surface area contributed by atoms with Crippen LogP contribution in [0.15, 0.2) is 30.0 Å². The molecule has 0 saturated heterocycles. The number of amides is 1. The van der Waals surface area contributed by atoms with Crippen LogP contribution >= 0.6 is 11.6 Å². The number of rotatable bonds is 5. The van der Waals surface area contributed by atoms with Crippen molar-refractivity contribution in [2.24, 2.45) is 0 Å². The van der Waals surface area contributed by atoms with Crippen LogP contribution in [0.3, 0.4) is 0 Å². The molecule has 1 N–H and O–H groups in total. The van der Waals surface area contributed by atoms with Crippen LogP contribution in [-0.4, -0.2) is 23.4 Å².